The molecule has 100 valence electrons. The fraction of sp³-hybridized carbons (Fsp3) is 0.429. The van der Waals surface area contributed by atoms with Crippen LogP contribution >= 0.6 is 0 Å². The fourth-order valence-electron chi connectivity index (χ4n) is 2.46. The number of oxime groups is 1. The van der Waals surface area contributed by atoms with Gasteiger partial charge in [0.2, 0.25) is 12.1 Å². The molecule has 1 unspecified atom stereocenters. The lowest BCUT2D eigenvalue weighted by atomic mass is 10.1. The van der Waals surface area contributed by atoms with Crippen molar-refractivity contribution in [3.63, 3.8) is 0 Å². The van der Waals surface area contributed by atoms with Crippen molar-refractivity contribution in [2.45, 2.75) is 25.5 Å². The van der Waals surface area contributed by atoms with Crippen LogP contribution in [0.3, 0.4) is 0 Å². The van der Waals surface area contributed by atoms with E-state index in [1.807, 2.05) is 24.3 Å². The highest BCUT2D eigenvalue weighted by molar-refractivity contribution is 6.01. The molecule has 1 aromatic rings. The van der Waals surface area contributed by atoms with Gasteiger partial charge in [0.1, 0.15) is 5.75 Å². The van der Waals surface area contributed by atoms with E-state index in [0.29, 0.717) is 12.8 Å². The number of rotatable bonds is 3. The summed E-state index contributed by atoms with van der Waals surface area (Å²) in [7, 11) is 1.64. The summed E-state index contributed by atoms with van der Waals surface area (Å²) < 4.78 is 5.12. The van der Waals surface area contributed by atoms with E-state index in [4.69, 9.17) is 9.57 Å². The van der Waals surface area contributed by atoms with Gasteiger partial charge in [-0.2, -0.15) is 0 Å². The van der Waals surface area contributed by atoms with E-state index in [9.17, 15) is 4.79 Å². The van der Waals surface area contributed by atoms with Crippen molar-refractivity contribution in [3.8, 4) is 5.75 Å². The second-order valence-electron chi connectivity index (χ2n) is 4.72. The second kappa shape index (κ2) is 4.91. The summed E-state index contributed by atoms with van der Waals surface area (Å²) in [6, 6.07) is 7.70. The maximum absolute atomic E-state index is 11.7. The molecule has 0 bridgehead atoms. The largest absolute Gasteiger partial charge is 0.497 e. The van der Waals surface area contributed by atoms with E-state index in [2.05, 4.69) is 5.16 Å². The predicted molar refractivity (Wildman–Crippen MR) is 70.0 cm³/mol. The van der Waals surface area contributed by atoms with Crippen LogP contribution in [0, 0.1) is 0 Å². The zero-order valence-corrected chi connectivity index (χ0v) is 10.8. The minimum absolute atomic E-state index is 0.163. The third-order valence-electron chi connectivity index (χ3n) is 3.53. The highest BCUT2D eigenvalue weighted by atomic mass is 16.7. The van der Waals surface area contributed by atoms with E-state index in [1.165, 1.54) is 0 Å². The third kappa shape index (κ3) is 2.28. The molecular formula is C14H16N2O3. The number of likely N-dealkylation sites (tertiary alicyclic amines) is 1. The minimum atomic E-state index is -0.230. The van der Waals surface area contributed by atoms with Gasteiger partial charge in [0.15, 0.2) is 0 Å². The highest BCUT2D eigenvalue weighted by Gasteiger charge is 2.33. The van der Waals surface area contributed by atoms with Gasteiger partial charge in [-0.15, -0.1) is 0 Å². The summed E-state index contributed by atoms with van der Waals surface area (Å²) in [5, 5.41) is 4.10. The predicted octanol–water partition coefficient (Wildman–Crippen LogP) is 1.77. The van der Waals surface area contributed by atoms with Crippen molar-refractivity contribution in [2.24, 2.45) is 5.16 Å². The number of nitrogens with zero attached hydrogens (tertiary/aromatic N) is 2. The molecule has 0 aromatic heterocycles. The summed E-state index contributed by atoms with van der Waals surface area (Å²) in [6.45, 7) is 0.773. The summed E-state index contributed by atoms with van der Waals surface area (Å²) in [6.07, 6.45) is 1.96. The summed E-state index contributed by atoms with van der Waals surface area (Å²) in [5.41, 5.74) is 1.89. The number of carbonyl (C=O) groups excluding carboxylic acids is 1. The van der Waals surface area contributed by atoms with Crippen LogP contribution in [-0.4, -0.2) is 36.4 Å². The zero-order valence-electron chi connectivity index (χ0n) is 10.8. The Morgan fingerprint density at radius 3 is 2.79 bits per heavy atom. The molecular weight excluding hydrogens is 244 g/mol. The second-order valence-corrected chi connectivity index (χ2v) is 4.72. The maximum atomic E-state index is 11.7. The van der Waals surface area contributed by atoms with Crippen molar-refractivity contribution < 1.29 is 14.4 Å². The number of ether oxygens (including phenoxy) is 1. The van der Waals surface area contributed by atoms with Crippen LogP contribution in [0.2, 0.25) is 0 Å². The molecule has 1 amide bonds. The first kappa shape index (κ1) is 12.0. The van der Waals surface area contributed by atoms with E-state index < -0.39 is 0 Å². The number of carbonyl (C=O) groups is 1. The summed E-state index contributed by atoms with van der Waals surface area (Å²) in [4.78, 5) is 18.8. The Bertz CT molecular complexity index is 510. The van der Waals surface area contributed by atoms with Crippen molar-refractivity contribution in [2.75, 3.05) is 13.7 Å². The molecule has 1 atom stereocenters. The lowest BCUT2D eigenvalue weighted by Gasteiger charge is -2.20. The van der Waals surface area contributed by atoms with Crippen LogP contribution in [0.5, 0.6) is 5.75 Å². The topological polar surface area (TPSA) is 51.1 Å². The van der Waals surface area contributed by atoms with Crippen molar-refractivity contribution in [1.82, 2.24) is 4.90 Å². The molecule has 1 aromatic carbocycles. The average molecular weight is 260 g/mol. The Hall–Kier alpha value is -2.04. The third-order valence-corrected chi connectivity index (χ3v) is 3.53. The van der Waals surface area contributed by atoms with Crippen LogP contribution in [0.15, 0.2) is 29.4 Å². The molecule has 0 radical (unpaired) electrons. The van der Waals surface area contributed by atoms with Gasteiger partial charge in [0.05, 0.1) is 19.2 Å². The first-order valence-corrected chi connectivity index (χ1v) is 6.44. The zero-order chi connectivity index (χ0) is 13.2. The molecule has 1 fully saturated rings. The molecule has 0 spiro atoms. The minimum Gasteiger partial charge on any atom is -0.497 e. The molecule has 5 nitrogen and oxygen atoms in total. The van der Waals surface area contributed by atoms with E-state index in [-0.39, 0.29) is 12.1 Å². The van der Waals surface area contributed by atoms with Crippen LogP contribution in [0.4, 0.5) is 0 Å². The first-order chi connectivity index (χ1) is 9.28. The maximum Gasteiger partial charge on any atom is 0.225 e. The molecule has 2 aliphatic heterocycles. The number of hydrogen-bond donors (Lipinski definition) is 0. The molecule has 0 saturated carbocycles. The van der Waals surface area contributed by atoms with Crippen LogP contribution < -0.4 is 4.74 Å². The standard InChI is InChI=1S/C14H16N2O3/c1-18-11-6-4-10(5-7-11)12-9-14(19-15-12)16-8-2-3-13(16)17/h4-7,14H,2-3,8-9H2,1H3. The SMILES string of the molecule is COc1ccc(C2=NOC(N3CCCC3=O)C2)cc1. The van der Waals surface area contributed by atoms with Gasteiger partial charge < -0.3 is 14.5 Å². The number of benzene rings is 1. The Balaban J connectivity index is 1.69. The lowest BCUT2D eigenvalue weighted by molar-refractivity contribution is -0.138. The monoisotopic (exact) mass is 260 g/mol. The Morgan fingerprint density at radius 2 is 2.16 bits per heavy atom. The Kier molecular flexibility index (Phi) is 3.11. The fourth-order valence-corrected chi connectivity index (χ4v) is 2.46. The normalized spacial score (nSPS) is 22.4. The number of hydrogen-bond acceptors (Lipinski definition) is 4. The Labute approximate surface area is 111 Å². The van der Waals surface area contributed by atoms with Crippen molar-refractivity contribution in [1.29, 1.82) is 0 Å². The van der Waals surface area contributed by atoms with Gasteiger partial charge in [-0.3, -0.25) is 4.79 Å². The van der Waals surface area contributed by atoms with Gasteiger partial charge in [-0.25, -0.2) is 0 Å². The molecule has 3 rings (SSSR count). The van der Waals surface area contributed by atoms with Crippen LogP contribution in [0.1, 0.15) is 24.8 Å². The van der Waals surface area contributed by atoms with E-state index in [1.54, 1.807) is 12.0 Å². The van der Waals surface area contributed by atoms with Gasteiger partial charge in [0, 0.05) is 13.0 Å². The Morgan fingerprint density at radius 1 is 1.37 bits per heavy atom. The smallest absolute Gasteiger partial charge is 0.225 e. The number of methoxy groups -OCH3 is 1. The van der Waals surface area contributed by atoms with Gasteiger partial charge in [-0.05, 0) is 36.2 Å². The average Bonchev–Trinajstić information content (AvgIpc) is 3.07. The van der Waals surface area contributed by atoms with Gasteiger partial charge >= 0.3 is 0 Å². The van der Waals surface area contributed by atoms with Crippen LogP contribution in [0.25, 0.3) is 0 Å². The van der Waals surface area contributed by atoms with E-state index in [0.717, 1.165) is 30.0 Å². The van der Waals surface area contributed by atoms with Gasteiger partial charge in [-0.1, -0.05) is 5.16 Å². The molecule has 2 heterocycles. The van der Waals surface area contributed by atoms with E-state index >= 15 is 0 Å². The highest BCUT2D eigenvalue weighted by Crippen LogP contribution is 2.24. The van der Waals surface area contributed by atoms with Crippen molar-refractivity contribution >= 4 is 11.6 Å². The number of amides is 1. The summed E-state index contributed by atoms with van der Waals surface area (Å²) >= 11 is 0. The summed E-state index contributed by atoms with van der Waals surface area (Å²) in [5.74, 6) is 0.978. The molecule has 0 aliphatic carbocycles. The molecule has 5 heteroatoms. The van der Waals surface area contributed by atoms with Gasteiger partial charge in [0.25, 0.3) is 0 Å². The molecule has 19 heavy (non-hydrogen) atoms. The lowest BCUT2D eigenvalue weighted by Crippen LogP contribution is -2.36. The molecule has 1 saturated heterocycles. The molecule has 0 N–H and O–H groups in total. The quantitative estimate of drug-likeness (QED) is 0.832. The van der Waals surface area contributed by atoms with Crippen LogP contribution in [-0.2, 0) is 9.63 Å². The first-order valence-electron chi connectivity index (χ1n) is 6.44. The molecule has 2 aliphatic rings. The van der Waals surface area contributed by atoms with Crippen molar-refractivity contribution in [3.05, 3.63) is 29.8 Å².